The van der Waals surface area contributed by atoms with Gasteiger partial charge in [-0.3, -0.25) is 0 Å². The van der Waals surface area contributed by atoms with Gasteiger partial charge in [0.05, 0.1) is 6.61 Å². The molecule has 14 heavy (non-hydrogen) atoms. The Labute approximate surface area is 83.4 Å². The molecule has 1 N–H and O–H groups in total. The molecule has 2 nitrogen and oxygen atoms in total. The summed E-state index contributed by atoms with van der Waals surface area (Å²) in [4.78, 5) is 0. The van der Waals surface area contributed by atoms with Gasteiger partial charge in [-0.2, -0.15) is 0 Å². The zero-order chi connectivity index (χ0) is 9.80. The van der Waals surface area contributed by atoms with Gasteiger partial charge in [0.25, 0.3) is 0 Å². The van der Waals surface area contributed by atoms with Crippen LogP contribution in [0, 0.1) is 0 Å². The molecule has 0 amide bonds. The molecule has 0 atom stereocenters. The molecule has 2 aromatic rings. The van der Waals surface area contributed by atoms with E-state index in [1.165, 1.54) is 5.56 Å². The number of aliphatic hydroxyl groups excluding tert-OH is 1. The van der Waals surface area contributed by atoms with Gasteiger partial charge in [0.15, 0.2) is 0 Å². The highest BCUT2D eigenvalue weighted by Crippen LogP contribution is 2.07. The third kappa shape index (κ3) is 2.03. The standard InChI is InChI=1S/C12H13NO/c14-10-12-5-3-4-11(8-12)9-13-6-1-2-7-13/h1-8,14H,9-10H2. The summed E-state index contributed by atoms with van der Waals surface area (Å²) < 4.78 is 2.11. The molecule has 0 saturated carbocycles. The first kappa shape index (κ1) is 9.03. The third-order valence-electron chi connectivity index (χ3n) is 2.21. The Hall–Kier alpha value is -1.54. The van der Waals surface area contributed by atoms with Gasteiger partial charge in [-0.1, -0.05) is 24.3 Å². The van der Waals surface area contributed by atoms with Gasteiger partial charge in [0.1, 0.15) is 0 Å². The van der Waals surface area contributed by atoms with Crippen LogP contribution >= 0.6 is 0 Å². The van der Waals surface area contributed by atoms with Crippen molar-refractivity contribution < 1.29 is 5.11 Å². The van der Waals surface area contributed by atoms with Crippen LogP contribution < -0.4 is 0 Å². The molecule has 0 aliphatic carbocycles. The summed E-state index contributed by atoms with van der Waals surface area (Å²) in [5.41, 5.74) is 2.18. The second-order valence-electron chi connectivity index (χ2n) is 3.33. The first-order chi connectivity index (χ1) is 6.88. The summed E-state index contributed by atoms with van der Waals surface area (Å²) in [5.74, 6) is 0. The summed E-state index contributed by atoms with van der Waals surface area (Å²) in [6, 6.07) is 12.0. The number of hydrogen-bond acceptors (Lipinski definition) is 1. The van der Waals surface area contributed by atoms with Crippen LogP contribution in [0.4, 0.5) is 0 Å². The quantitative estimate of drug-likeness (QED) is 0.781. The predicted octanol–water partition coefficient (Wildman–Crippen LogP) is 2.03. The van der Waals surface area contributed by atoms with Gasteiger partial charge in [0.2, 0.25) is 0 Å². The number of nitrogens with zero attached hydrogens (tertiary/aromatic N) is 1. The molecule has 1 heterocycles. The number of hydrogen-bond donors (Lipinski definition) is 1. The van der Waals surface area contributed by atoms with E-state index in [0.29, 0.717) is 0 Å². The molecule has 0 unspecified atom stereocenters. The lowest BCUT2D eigenvalue weighted by atomic mass is 10.1. The van der Waals surface area contributed by atoms with Crippen molar-refractivity contribution in [2.45, 2.75) is 13.2 Å². The predicted molar refractivity (Wildman–Crippen MR) is 55.9 cm³/mol. The second kappa shape index (κ2) is 4.11. The fraction of sp³-hybridized carbons (Fsp3) is 0.167. The first-order valence-electron chi connectivity index (χ1n) is 4.68. The minimum atomic E-state index is 0.111. The SMILES string of the molecule is OCc1cccc(Cn2cccc2)c1. The zero-order valence-corrected chi connectivity index (χ0v) is 7.93. The van der Waals surface area contributed by atoms with Gasteiger partial charge >= 0.3 is 0 Å². The Kier molecular flexibility index (Phi) is 2.65. The van der Waals surface area contributed by atoms with Crippen LogP contribution in [0.5, 0.6) is 0 Å². The van der Waals surface area contributed by atoms with E-state index in [4.69, 9.17) is 5.11 Å². The molecule has 2 heteroatoms. The lowest BCUT2D eigenvalue weighted by Gasteiger charge is -2.04. The number of aliphatic hydroxyl groups is 1. The molecule has 0 saturated heterocycles. The van der Waals surface area contributed by atoms with Crippen LogP contribution in [0.3, 0.4) is 0 Å². The normalized spacial score (nSPS) is 10.4. The Morgan fingerprint density at radius 3 is 2.43 bits per heavy atom. The molecule has 0 spiro atoms. The molecular weight excluding hydrogens is 174 g/mol. The number of rotatable bonds is 3. The fourth-order valence-corrected chi connectivity index (χ4v) is 1.51. The lowest BCUT2D eigenvalue weighted by molar-refractivity contribution is 0.281. The Bertz CT molecular complexity index is 392. The van der Waals surface area contributed by atoms with Crippen molar-refractivity contribution in [2.24, 2.45) is 0 Å². The highest BCUT2D eigenvalue weighted by atomic mass is 16.3. The van der Waals surface area contributed by atoms with E-state index in [0.717, 1.165) is 12.1 Å². The monoisotopic (exact) mass is 187 g/mol. The van der Waals surface area contributed by atoms with E-state index in [9.17, 15) is 0 Å². The molecule has 0 fully saturated rings. The van der Waals surface area contributed by atoms with E-state index >= 15 is 0 Å². The van der Waals surface area contributed by atoms with E-state index in [1.807, 2.05) is 42.7 Å². The summed E-state index contributed by atoms with van der Waals surface area (Å²) in [5, 5.41) is 8.98. The molecule has 0 bridgehead atoms. The van der Waals surface area contributed by atoms with Crippen molar-refractivity contribution in [3.8, 4) is 0 Å². The van der Waals surface area contributed by atoms with Crippen LogP contribution in [0.15, 0.2) is 48.8 Å². The van der Waals surface area contributed by atoms with Crippen molar-refractivity contribution in [1.82, 2.24) is 4.57 Å². The maximum Gasteiger partial charge on any atom is 0.0681 e. The van der Waals surface area contributed by atoms with Gasteiger partial charge in [-0.05, 0) is 23.3 Å². The molecule has 1 aromatic carbocycles. The molecule has 0 aliphatic heterocycles. The Morgan fingerprint density at radius 1 is 1.00 bits per heavy atom. The first-order valence-corrected chi connectivity index (χ1v) is 4.68. The highest BCUT2D eigenvalue weighted by Gasteiger charge is 1.95. The van der Waals surface area contributed by atoms with Crippen molar-refractivity contribution >= 4 is 0 Å². The smallest absolute Gasteiger partial charge is 0.0681 e. The highest BCUT2D eigenvalue weighted by molar-refractivity contribution is 5.23. The van der Waals surface area contributed by atoms with E-state index in [-0.39, 0.29) is 6.61 Å². The average Bonchev–Trinajstić information content (AvgIpc) is 2.71. The summed E-state index contributed by atoms with van der Waals surface area (Å²) in [6.45, 7) is 0.973. The number of benzene rings is 1. The molecule has 1 aromatic heterocycles. The maximum atomic E-state index is 8.98. The van der Waals surface area contributed by atoms with Crippen LogP contribution in [-0.4, -0.2) is 9.67 Å². The fourth-order valence-electron chi connectivity index (χ4n) is 1.51. The van der Waals surface area contributed by atoms with Crippen molar-refractivity contribution in [3.05, 3.63) is 59.9 Å². The van der Waals surface area contributed by atoms with E-state index in [1.54, 1.807) is 0 Å². The molecule has 0 aliphatic rings. The summed E-state index contributed by atoms with van der Waals surface area (Å²) in [6.07, 6.45) is 4.07. The van der Waals surface area contributed by atoms with Crippen molar-refractivity contribution in [2.75, 3.05) is 0 Å². The van der Waals surface area contributed by atoms with E-state index in [2.05, 4.69) is 10.6 Å². The largest absolute Gasteiger partial charge is 0.392 e. The minimum absolute atomic E-state index is 0.111. The maximum absolute atomic E-state index is 8.98. The molecule has 2 rings (SSSR count). The topological polar surface area (TPSA) is 25.2 Å². The van der Waals surface area contributed by atoms with Gasteiger partial charge < -0.3 is 9.67 Å². The third-order valence-corrected chi connectivity index (χ3v) is 2.21. The van der Waals surface area contributed by atoms with Crippen molar-refractivity contribution in [1.29, 1.82) is 0 Å². The second-order valence-corrected chi connectivity index (χ2v) is 3.33. The minimum Gasteiger partial charge on any atom is -0.392 e. The zero-order valence-electron chi connectivity index (χ0n) is 7.93. The molecule has 0 radical (unpaired) electrons. The van der Waals surface area contributed by atoms with Crippen molar-refractivity contribution in [3.63, 3.8) is 0 Å². The van der Waals surface area contributed by atoms with Crippen LogP contribution in [0.2, 0.25) is 0 Å². The number of aromatic nitrogens is 1. The molecule has 72 valence electrons. The van der Waals surface area contributed by atoms with Gasteiger partial charge in [0, 0.05) is 18.9 Å². The van der Waals surface area contributed by atoms with Crippen LogP contribution in [0.1, 0.15) is 11.1 Å². The Balaban J connectivity index is 2.17. The van der Waals surface area contributed by atoms with Crippen LogP contribution in [-0.2, 0) is 13.2 Å². The van der Waals surface area contributed by atoms with E-state index < -0.39 is 0 Å². The summed E-state index contributed by atoms with van der Waals surface area (Å²) in [7, 11) is 0. The lowest BCUT2D eigenvalue weighted by Crippen LogP contribution is -1.96. The average molecular weight is 187 g/mol. The van der Waals surface area contributed by atoms with Crippen LogP contribution in [0.25, 0.3) is 0 Å². The molecular formula is C12H13NO. The summed E-state index contributed by atoms with van der Waals surface area (Å²) >= 11 is 0. The van der Waals surface area contributed by atoms with Gasteiger partial charge in [-0.15, -0.1) is 0 Å². The Morgan fingerprint density at radius 2 is 1.71 bits per heavy atom. The van der Waals surface area contributed by atoms with Gasteiger partial charge in [-0.25, -0.2) is 0 Å².